The molecule has 152 valence electrons. The molecular formula is C24H27FN2O2. The highest BCUT2D eigenvalue weighted by Crippen LogP contribution is 2.26. The van der Waals surface area contributed by atoms with Gasteiger partial charge in [0.1, 0.15) is 5.82 Å². The van der Waals surface area contributed by atoms with Crippen LogP contribution in [0.5, 0.6) is 0 Å². The number of Topliss-reactive ketones (excluding diaryl/α,β-unsaturated/α-hetero) is 1. The minimum atomic E-state index is -0.359. The Morgan fingerprint density at radius 2 is 1.86 bits per heavy atom. The number of carbonyl (C=O) groups is 2. The molecule has 0 aromatic heterocycles. The first-order valence-electron chi connectivity index (χ1n) is 10.5. The van der Waals surface area contributed by atoms with Crippen molar-refractivity contribution in [2.75, 3.05) is 32.7 Å². The lowest BCUT2D eigenvalue weighted by atomic mass is 9.89. The van der Waals surface area contributed by atoms with Gasteiger partial charge in [-0.05, 0) is 37.4 Å². The summed E-state index contributed by atoms with van der Waals surface area (Å²) in [6.07, 6.45) is 3.39. The van der Waals surface area contributed by atoms with Gasteiger partial charge in [-0.1, -0.05) is 42.5 Å². The van der Waals surface area contributed by atoms with Crippen LogP contribution in [0.2, 0.25) is 0 Å². The molecule has 2 fully saturated rings. The zero-order valence-electron chi connectivity index (χ0n) is 16.6. The smallest absolute Gasteiger partial charge is 0.222 e. The predicted octanol–water partition coefficient (Wildman–Crippen LogP) is 4.01. The van der Waals surface area contributed by atoms with Gasteiger partial charge in [-0.3, -0.25) is 9.59 Å². The molecule has 2 aromatic rings. The Labute approximate surface area is 171 Å². The van der Waals surface area contributed by atoms with E-state index in [1.165, 1.54) is 6.07 Å². The lowest BCUT2D eigenvalue weighted by molar-refractivity contribution is -0.127. The number of rotatable bonds is 6. The maximum Gasteiger partial charge on any atom is 0.222 e. The van der Waals surface area contributed by atoms with Crippen LogP contribution in [-0.2, 0) is 4.79 Å². The number of nitrogens with zero attached hydrogens (tertiary/aromatic N) is 2. The first-order chi connectivity index (χ1) is 14.1. The van der Waals surface area contributed by atoms with Crippen molar-refractivity contribution >= 4 is 11.7 Å². The summed E-state index contributed by atoms with van der Waals surface area (Å²) in [5, 5.41) is 0. The molecule has 2 saturated heterocycles. The molecule has 0 spiro atoms. The third kappa shape index (κ3) is 4.56. The lowest BCUT2D eigenvalue weighted by Crippen LogP contribution is -2.43. The number of carbonyl (C=O) groups excluding carboxylic acids is 2. The molecule has 0 aliphatic carbocycles. The summed E-state index contributed by atoms with van der Waals surface area (Å²) in [7, 11) is 0. The van der Waals surface area contributed by atoms with Crippen molar-refractivity contribution in [1.29, 1.82) is 0 Å². The Morgan fingerprint density at radius 3 is 2.59 bits per heavy atom. The standard InChI is InChI=1S/C24H27FN2O2/c25-22-16-19(10-11-21(22)18-6-2-1-3-7-18)24(29)20-8-4-12-26(17-20)14-15-27-13-5-9-23(27)28/h1-3,6-7,10-11,16,20H,4-5,8-9,12-15,17H2. The third-order valence-electron chi connectivity index (χ3n) is 6.07. The highest BCUT2D eigenvalue weighted by molar-refractivity contribution is 5.98. The van der Waals surface area contributed by atoms with E-state index in [0.29, 0.717) is 24.1 Å². The van der Waals surface area contributed by atoms with E-state index in [1.807, 2.05) is 35.2 Å². The molecule has 2 aromatic carbocycles. The van der Waals surface area contributed by atoms with Crippen LogP contribution < -0.4 is 0 Å². The number of ketones is 1. The van der Waals surface area contributed by atoms with Gasteiger partial charge in [0.15, 0.2) is 5.78 Å². The molecular weight excluding hydrogens is 367 g/mol. The fourth-order valence-corrected chi connectivity index (χ4v) is 4.43. The number of benzene rings is 2. The van der Waals surface area contributed by atoms with E-state index in [9.17, 15) is 14.0 Å². The summed E-state index contributed by atoms with van der Waals surface area (Å²) in [6, 6.07) is 14.2. The summed E-state index contributed by atoms with van der Waals surface area (Å²) in [5.41, 5.74) is 1.77. The fourth-order valence-electron chi connectivity index (χ4n) is 4.43. The molecule has 0 saturated carbocycles. The van der Waals surface area contributed by atoms with Crippen molar-refractivity contribution in [2.45, 2.75) is 25.7 Å². The molecule has 29 heavy (non-hydrogen) atoms. The minimum absolute atomic E-state index is 0.0189. The van der Waals surface area contributed by atoms with Crippen LogP contribution in [0.3, 0.4) is 0 Å². The Hall–Kier alpha value is -2.53. The molecule has 2 aliphatic heterocycles. The summed E-state index contributed by atoms with van der Waals surface area (Å²) < 4.78 is 14.7. The van der Waals surface area contributed by atoms with E-state index < -0.39 is 0 Å². The van der Waals surface area contributed by atoms with E-state index in [0.717, 1.165) is 51.0 Å². The molecule has 5 heteroatoms. The first-order valence-corrected chi connectivity index (χ1v) is 10.5. The molecule has 2 aliphatic rings. The molecule has 0 N–H and O–H groups in total. The molecule has 0 radical (unpaired) electrons. The van der Waals surface area contributed by atoms with Crippen molar-refractivity contribution in [3.8, 4) is 11.1 Å². The van der Waals surface area contributed by atoms with Gasteiger partial charge in [-0.2, -0.15) is 0 Å². The Bertz CT molecular complexity index is 884. The average molecular weight is 394 g/mol. The van der Waals surface area contributed by atoms with Crippen molar-refractivity contribution in [2.24, 2.45) is 5.92 Å². The van der Waals surface area contributed by atoms with Crippen LogP contribution in [0.15, 0.2) is 48.5 Å². The van der Waals surface area contributed by atoms with Gasteiger partial charge in [0.25, 0.3) is 0 Å². The second kappa shape index (κ2) is 8.87. The van der Waals surface area contributed by atoms with Crippen LogP contribution in [-0.4, -0.2) is 54.2 Å². The van der Waals surface area contributed by atoms with Gasteiger partial charge < -0.3 is 9.80 Å². The first kappa shape index (κ1) is 19.8. The van der Waals surface area contributed by atoms with E-state index >= 15 is 0 Å². The van der Waals surface area contributed by atoms with Crippen molar-refractivity contribution in [3.63, 3.8) is 0 Å². The van der Waals surface area contributed by atoms with E-state index in [4.69, 9.17) is 0 Å². The second-order valence-corrected chi connectivity index (χ2v) is 8.05. The predicted molar refractivity (Wildman–Crippen MR) is 111 cm³/mol. The average Bonchev–Trinajstić information content (AvgIpc) is 3.17. The van der Waals surface area contributed by atoms with E-state index in [2.05, 4.69) is 4.90 Å². The second-order valence-electron chi connectivity index (χ2n) is 8.05. The highest BCUT2D eigenvalue weighted by Gasteiger charge is 2.28. The number of amides is 1. The SMILES string of the molecule is O=C(c1ccc(-c2ccccc2)c(F)c1)C1CCCN(CCN2CCCC2=O)C1. The Balaban J connectivity index is 1.39. The summed E-state index contributed by atoms with van der Waals surface area (Å²) in [5.74, 6) is -0.212. The van der Waals surface area contributed by atoms with Crippen LogP contribution >= 0.6 is 0 Å². The molecule has 1 unspecified atom stereocenters. The fraction of sp³-hybridized carbons (Fsp3) is 0.417. The maximum absolute atomic E-state index is 14.7. The Kier molecular flexibility index (Phi) is 6.05. The molecule has 2 heterocycles. The lowest BCUT2D eigenvalue weighted by Gasteiger charge is -2.33. The summed E-state index contributed by atoms with van der Waals surface area (Å²) in [4.78, 5) is 29.0. The van der Waals surface area contributed by atoms with Crippen LogP contribution in [0, 0.1) is 11.7 Å². The number of likely N-dealkylation sites (tertiary alicyclic amines) is 2. The monoisotopic (exact) mass is 394 g/mol. The number of halogens is 1. The Morgan fingerprint density at radius 1 is 1.03 bits per heavy atom. The van der Waals surface area contributed by atoms with Crippen LogP contribution in [0.1, 0.15) is 36.0 Å². The molecule has 4 rings (SSSR count). The van der Waals surface area contributed by atoms with E-state index in [1.54, 1.807) is 12.1 Å². The third-order valence-corrected chi connectivity index (χ3v) is 6.07. The normalized spacial score (nSPS) is 20.2. The maximum atomic E-state index is 14.7. The van der Waals surface area contributed by atoms with Crippen molar-refractivity contribution in [3.05, 3.63) is 59.9 Å². The molecule has 1 amide bonds. The molecule has 1 atom stereocenters. The topological polar surface area (TPSA) is 40.6 Å². The van der Waals surface area contributed by atoms with Gasteiger partial charge in [0, 0.05) is 49.6 Å². The van der Waals surface area contributed by atoms with Gasteiger partial charge in [0.05, 0.1) is 0 Å². The summed E-state index contributed by atoms with van der Waals surface area (Å²) >= 11 is 0. The van der Waals surface area contributed by atoms with Crippen molar-refractivity contribution in [1.82, 2.24) is 9.80 Å². The van der Waals surface area contributed by atoms with Gasteiger partial charge in [0.2, 0.25) is 5.91 Å². The van der Waals surface area contributed by atoms with Crippen molar-refractivity contribution < 1.29 is 14.0 Å². The number of hydrogen-bond donors (Lipinski definition) is 0. The quantitative estimate of drug-likeness (QED) is 0.695. The zero-order valence-corrected chi connectivity index (χ0v) is 16.6. The van der Waals surface area contributed by atoms with Gasteiger partial charge >= 0.3 is 0 Å². The highest BCUT2D eigenvalue weighted by atomic mass is 19.1. The summed E-state index contributed by atoms with van der Waals surface area (Å²) in [6.45, 7) is 4.02. The van der Waals surface area contributed by atoms with Crippen LogP contribution in [0.25, 0.3) is 11.1 Å². The van der Waals surface area contributed by atoms with Crippen LogP contribution in [0.4, 0.5) is 4.39 Å². The number of hydrogen-bond acceptors (Lipinski definition) is 3. The van der Waals surface area contributed by atoms with Gasteiger partial charge in [-0.25, -0.2) is 4.39 Å². The van der Waals surface area contributed by atoms with E-state index in [-0.39, 0.29) is 23.4 Å². The zero-order chi connectivity index (χ0) is 20.2. The minimum Gasteiger partial charge on any atom is -0.341 e. The molecule has 0 bridgehead atoms. The van der Waals surface area contributed by atoms with Gasteiger partial charge in [-0.15, -0.1) is 0 Å². The largest absolute Gasteiger partial charge is 0.341 e. The molecule has 4 nitrogen and oxygen atoms in total. The number of piperidine rings is 1.